The van der Waals surface area contributed by atoms with Crippen molar-refractivity contribution in [1.82, 2.24) is 0 Å². The van der Waals surface area contributed by atoms with E-state index in [1.165, 1.54) is 121 Å². The van der Waals surface area contributed by atoms with E-state index >= 15 is 0 Å². The second-order valence-corrected chi connectivity index (χ2v) is 17.4. The Labute approximate surface area is 253 Å². The average Bonchev–Trinajstić information content (AvgIpc) is 3.75. The maximum absolute atomic E-state index is 2.53. The minimum absolute atomic E-state index is 0.399. The van der Waals surface area contributed by atoms with Crippen molar-refractivity contribution in [3.63, 3.8) is 0 Å². The van der Waals surface area contributed by atoms with E-state index in [9.17, 15) is 0 Å². The molecule has 0 nitrogen and oxygen atoms in total. The van der Waals surface area contributed by atoms with Crippen LogP contribution in [0.2, 0.25) is 0 Å². The molecular weight excluding hydrogens is 616 g/mol. The van der Waals surface area contributed by atoms with Crippen LogP contribution in [-0.4, -0.2) is 14.5 Å². The Hall–Kier alpha value is -1.46. The van der Waals surface area contributed by atoms with Crippen molar-refractivity contribution in [1.29, 1.82) is 0 Å². The van der Waals surface area contributed by atoms with E-state index in [2.05, 4.69) is 60.8 Å². The van der Waals surface area contributed by atoms with E-state index in [0.29, 0.717) is 14.5 Å². The first-order valence-electron chi connectivity index (χ1n) is 14.6. The molecule has 0 saturated carbocycles. The van der Waals surface area contributed by atoms with Gasteiger partial charge in [-0.3, -0.25) is 0 Å². The molecule has 39 heavy (non-hydrogen) atoms. The van der Waals surface area contributed by atoms with Gasteiger partial charge in [-0.05, 0) is 0 Å². The molecule has 0 bridgehead atoms. The average molecular weight is 650 g/mol. The summed E-state index contributed by atoms with van der Waals surface area (Å²) in [5.41, 5.74) is 0. The Morgan fingerprint density at radius 1 is 0.615 bits per heavy atom. The Kier molecular flexibility index (Phi) is 8.00. The molecule has 0 unspecified atom stereocenters. The first-order chi connectivity index (χ1) is 19.3. The van der Waals surface area contributed by atoms with Crippen LogP contribution in [0.5, 0.6) is 0 Å². The first kappa shape index (κ1) is 26.4. The molecule has 0 aliphatic heterocycles. The summed E-state index contributed by atoms with van der Waals surface area (Å²) in [6, 6.07) is 19.4. The van der Waals surface area contributed by atoms with E-state index in [0.717, 1.165) is 0 Å². The third-order valence-electron chi connectivity index (χ3n) is 7.97. The fourth-order valence-electron chi connectivity index (χ4n) is 5.80. The van der Waals surface area contributed by atoms with Crippen molar-refractivity contribution >= 4 is 109 Å². The van der Waals surface area contributed by atoms with E-state index in [1.54, 1.807) is 13.6 Å². The van der Waals surface area contributed by atoms with Crippen LogP contribution in [0.3, 0.4) is 0 Å². The van der Waals surface area contributed by atoms with Gasteiger partial charge in [0.1, 0.15) is 0 Å². The van der Waals surface area contributed by atoms with Crippen LogP contribution in [0.15, 0.2) is 53.9 Å². The van der Waals surface area contributed by atoms with Gasteiger partial charge < -0.3 is 0 Å². The van der Waals surface area contributed by atoms with Crippen LogP contribution in [0, 0.1) is 0 Å². The zero-order valence-electron chi connectivity index (χ0n) is 22.5. The predicted molar refractivity (Wildman–Crippen MR) is 183 cm³/mol. The summed E-state index contributed by atoms with van der Waals surface area (Å²) < 4.78 is 10.4. The molecule has 0 fully saturated rings. The number of rotatable bonds is 12. The van der Waals surface area contributed by atoms with Crippen molar-refractivity contribution in [2.24, 2.45) is 0 Å². The number of benzene rings is 2. The Balaban J connectivity index is 1.03. The van der Waals surface area contributed by atoms with Crippen LogP contribution in [0.25, 0.3) is 58.6 Å². The van der Waals surface area contributed by atoms with E-state index in [1.807, 2.05) is 45.3 Å². The summed E-state index contributed by atoms with van der Waals surface area (Å²) in [5.74, 6) is 0. The molecule has 0 saturated heterocycles. The number of thiophene rings is 4. The number of hydrogen-bond donors (Lipinski definition) is 0. The van der Waals surface area contributed by atoms with Crippen molar-refractivity contribution < 1.29 is 0 Å². The monoisotopic (exact) mass is 650 g/mol. The fraction of sp³-hybridized carbons (Fsp3) is 0.353. The van der Waals surface area contributed by atoms with Gasteiger partial charge in [0.25, 0.3) is 0 Å². The van der Waals surface area contributed by atoms with Gasteiger partial charge in [0, 0.05) is 0 Å². The quantitative estimate of drug-likeness (QED) is 0.0913. The van der Waals surface area contributed by atoms with Crippen LogP contribution in [0.1, 0.15) is 76.0 Å². The second kappa shape index (κ2) is 11.8. The molecule has 0 N–H and O–H groups in total. The third-order valence-corrected chi connectivity index (χ3v) is 15.2. The Bertz CT molecular complexity index is 1870. The molecular formula is C34H34S4Se. The summed E-state index contributed by atoms with van der Waals surface area (Å²) in [4.78, 5) is 3.08. The zero-order chi connectivity index (χ0) is 26.2. The van der Waals surface area contributed by atoms with Crippen molar-refractivity contribution in [3.05, 3.63) is 58.8 Å². The first-order valence-corrected chi connectivity index (χ1v) is 19.6. The van der Waals surface area contributed by atoms with Gasteiger partial charge in [0.2, 0.25) is 0 Å². The Morgan fingerprint density at radius 3 is 2.08 bits per heavy atom. The van der Waals surface area contributed by atoms with Crippen LogP contribution in [-0.2, 0) is 6.42 Å². The molecule has 5 heterocycles. The van der Waals surface area contributed by atoms with Gasteiger partial charge in [-0.1, -0.05) is 26.2 Å². The number of fused-ring (bicyclic) bond motifs is 7. The van der Waals surface area contributed by atoms with Crippen molar-refractivity contribution in [3.8, 4) is 9.31 Å². The van der Waals surface area contributed by atoms with E-state index in [4.69, 9.17) is 0 Å². The van der Waals surface area contributed by atoms with Gasteiger partial charge in [0.05, 0.1) is 0 Å². The molecule has 7 rings (SSSR count). The van der Waals surface area contributed by atoms with Crippen molar-refractivity contribution in [2.75, 3.05) is 0 Å². The predicted octanol–water partition coefficient (Wildman–Crippen LogP) is 12.9. The van der Waals surface area contributed by atoms with Gasteiger partial charge in [-0.25, -0.2) is 0 Å². The standard InChI is InChI=1S/C34H34S4Se/c1-2-3-4-5-6-7-8-9-10-11-12-24-13-14-27(36-24)32-19-23-18-30-26(21-31(23)39-32)34-33(38-30)25-20-28-22(15-16-35-28)17-29(25)37-34/h13-21H,2-12H2,1H3. The summed E-state index contributed by atoms with van der Waals surface area (Å²) in [7, 11) is 0. The second-order valence-electron chi connectivity index (χ2n) is 10.9. The number of aryl methyl sites for hydroxylation is 1. The molecule has 0 radical (unpaired) electrons. The molecule has 5 aromatic heterocycles. The molecule has 5 heteroatoms. The zero-order valence-corrected chi connectivity index (χ0v) is 27.5. The van der Waals surface area contributed by atoms with E-state index in [-0.39, 0.29) is 0 Å². The summed E-state index contributed by atoms with van der Waals surface area (Å²) in [6.45, 7) is 2.30. The molecule has 2 aromatic carbocycles. The van der Waals surface area contributed by atoms with Crippen LogP contribution < -0.4 is 0 Å². The van der Waals surface area contributed by atoms with Gasteiger partial charge in [-0.15, -0.1) is 0 Å². The van der Waals surface area contributed by atoms with Crippen LogP contribution in [0.4, 0.5) is 0 Å². The van der Waals surface area contributed by atoms with Gasteiger partial charge >= 0.3 is 229 Å². The minimum atomic E-state index is 0.399. The number of unbranched alkanes of at least 4 members (excludes halogenated alkanes) is 9. The molecule has 0 spiro atoms. The molecule has 0 aliphatic carbocycles. The molecule has 200 valence electrons. The Morgan fingerprint density at radius 2 is 1.31 bits per heavy atom. The van der Waals surface area contributed by atoms with E-state index < -0.39 is 0 Å². The van der Waals surface area contributed by atoms with Crippen molar-refractivity contribution in [2.45, 2.75) is 77.6 Å². The summed E-state index contributed by atoms with van der Waals surface area (Å²) in [5, 5.41) is 7.97. The fourth-order valence-corrected chi connectivity index (χ4v) is 12.8. The molecule has 0 atom stereocenters. The summed E-state index contributed by atoms with van der Waals surface area (Å²) >= 11 is 8.28. The molecule has 0 aliphatic rings. The summed E-state index contributed by atoms with van der Waals surface area (Å²) in [6.07, 6.45) is 15.4. The van der Waals surface area contributed by atoms with Gasteiger partial charge in [0.15, 0.2) is 0 Å². The normalized spacial score (nSPS) is 12.3. The topological polar surface area (TPSA) is 0 Å². The maximum atomic E-state index is 2.53. The SMILES string of the molecule is CCCCCCCCCCCCc1ccc(-c2cc3cc4sc5c6cc7sccc7cc6sc5c4cc3[se]2)s1. The van der Waals surface area contributed by atoms with Gasteiger partial charge in [-0.2, -0.15) is 0 Å². The molecule has 0 amide bonds. The van der Waals surface area contributed by atoms with Crippen LogP contribution >= 0.6 is 45.3 Å². The number of hydrogen-bond acceptors (Lipinski definition) is 4. The molecule has 7 aromatic rings. The third kappa shape index (κ3) is 5.44.